The molecular weight excluding hydrogens is 172 g/mol. The Kier molecular flexibility index (Phi) is 5.20. The number of nitrogens with one attached hydrogen (secondary N) is 1. The van der Waals surface area contributed by atoms with E-state index in [4.69, 9.17) is 0 Å². The van der Waals surface area contributed by atoms with Crippen LogP contribution in [0.4, 0.5) is 0 Å². The number of hydrogen-bond donors (Lipinski definition) is 1. The summed E-state index contributed by atoms with van der Waals surface area (Å²) in [5.41, 5.74) is 1.22. The second kappa shape index (κ2) is 6.20. The van der Waals surface area contributed by atoms with Gasteiger partial charge >= 0.3 is 0 Å². The van der Waals surface area contributed by atoms with E-state index in [1.165, 1.54) is 37.8 Å². The second-order valence-electron chi connectivity index (χ2n) is 4.55. The van der Waals surface area contributed by atoms with Gasteiger partial charge in [-0.05, 0) is 46.3 Å². The van der Waals surface area contributed by atoms with Crippen LogP contribution < -0.4 is 5.32 Å². The van der Waals surface area contributed by atoms with Crippen molar-refractivity contribution in [2.75, 3.05) is 26.7 Å². The van der Waals surface area contributed by atoms with Crippen LogP contribution in [-0.2, 0) is 0 Å². The molecule has 1 aliphatic heterocycles. The highest BCUT2D eigenvalue weighted by molar-refractivity contribution is 4.90. The molecule has 82 valence electrons. The molecule has 1 N–H and O–H groups in total. The third-order valence-corrected chi connectivity index (χ3v) is 3.00. The predicted octanol–water partition coefficient (Wildman–Crippen LogP) is 2.03. The van der Waals surface area contributed by atoms with Gasteiger partial charge in [0.1, 0.15) is 0 Å². The summed E-state index contributed by atoms with van der Waals surface area (Å²) in [4.78, 5) is 2.51. The Bertz CT molecular complexity index is 177. The van der Waals surface area contributed by atoms with Gasteiger partial charge in [-0.3, -0.25) is 0 Å². The summed E-state index contributed by atoms with van der Waals surface area (Å²) in [5, 5.41) is 3.43. The average molecular weight is 196 g/mol. The maximum Gasteiger partial charge on any atom is 0.0159 e. The summed E-state index contributed by atoms with van der Waals surface area (Å²) in [7, 11) is 2.25. The Hall–Kier alpha value is -0.340. The van der Waals surface area contributed by atoms with Gasteiger partial charge < -0.3 is 10.2 Å². The highest BCUT2D eigenvalue weighted by Gasteiger charge is 2.17. The molecule has 0 amide bonds. The van der Waals surface area contributed by atoms with Gasteiger partial charge in [-0.25, -0.2) is 0 Å². The van der Waals surface area contributed by atoms with Gasteiger partial charge in [0.05, 0.1) is 0 Å². The molecule has 1 rings (SSSR count). The van der Waals surface area contributed by atoms with E-state index in [-0.39, 0.29) is 0 Å². The number of piperidine rings is 1. The smallest absolute Gasteiger partial charge is 0.0159 e. The molecule has 14 heavy (non-hydrogen) atoms. The molecule has 0 aromatic rings. The number of likely N-dealkylation sites (tertiary alicyclic amines) is 1. The van der Waals surface area contributed by atoms with Gasteiger partial charge in [0.25, 0.3) is 0 Å². The van der Waals surface area contributed by atoms with E-state index in [0.29, 0.717) is 0 Å². The Labute approximate surface area is 88.4 Å². The maximum absolute atomic E-state index is 3.88. The van der Waals surface area contributed by atoms with Crippen LogP contribution in [0.15, 0.2) is 12.2 Å². The van der Waals surface area contributed by atoms with E-state index in [1.54, 1.807) is 0 Å². The van der Waals surface area contributed by atoms with E-state index in [0.717, 1.165) is 19.1 Å². The summed E-state index contributed by atoms with van der Waals surface area (Å²) < 4.78 is 0. The molecule has 2 nitrogen and oxygen atoms in total. The molecule has 1 atom stereocenters. The van der Waals surface area contributed by atoms with Crippen LogP contribution in [-0.4, -0.2) is 37.6 Å². The molecule has 0 bridgehead atoms. The first-order valence-corrected chi connectivity index (χ1v) is 5.75. The van der Waals surface area contributed by atoms with Crippen LogP contribution in [0.2, 0.25) is 0 Å². The minimum absolute atomic E-state index is 0.807. The monoisotopic (exact) mass is 196 g/mol. The molecule has 0 aromatic heterocycles. The zero-order valence-electron chi connectivity index (χ0n) is 9.68. The van der Waals surface area contributed by atoms with Crippen LogP contribution >= 0.6 is 0 Å². The number of nitrogens with zero attached hydrogens (tertiary/aromatic N) is 1. The highest BCUT2D eigenvalue weighted by atomic mass is 15.1. The van der Waals surface area contributed by atoms with Crippen molar-refractivity contribution in [3.05, 3.63) is 12.2 Å². The lowest BCUT2D eigenvalue weighted by Gasteiger charge is -2.32. The molecule has 0 spiro atoms. The Balaban J connectivity index is 2.07. The third kappa shape index (κ3) is 4.25. The van der Waals surface area contributed by atoms with Crippen LogP contribution in [0, 0.1) is 0 Å². The number of hydrogen-bond acceptors (Lipinski definition) is 2. The molecule has 1 fully saturated rings. The summed E-state index contributed by atoms with van der Waals surface area (Å²) in [5.74, 6) is 0. The Morgan fingerprint density at radius 1 is 1.50 bits per heavy atom. The molecule has 0 saturated carbocycles. The van der Waals surface area contributed by atoms with E-state index < -0.39 is 0 Å². The van der Waals surface area contributed by atoms with Crippen LogP contribution in [0.3, 0.4) is 0 Å². The van der Waals surface area contributed by atoms with Crippen molar-refractivity contribution in [1.29, 1.82) is 0 Å². The summed E-state index contributed by atoms with van der Waals surface area (Å²) in [6.07, 6.45) is 5.46. The Morgan fingerprint density at radius 3 is 2.93 bits per heavy atom. The number of rotatable bonds is 5. The van der Waals surface area contributed by atoms with Crippen molar-refractivity contribution in [2.45, 2.75) is 38.6 Å². The lowest BCUT2D eigenvalue weighted by molar-refractivity contribution is 0.176. The van der Waals surface area contributed by atoms with Crippen molar-refractivity contribution >= 4 is 0 Å². The van der Waals surface area contributed by atoms with Crippen molar-refractivity contribution < 1.29 is 0 Å². The third-order valence-electron chi connectivity index (χ3n) is 3.00. The van der Waals surface area contributed by atoms with Crippen LogP contribution in [0.1, 0.15) is 32.6 Å². The van der Waals surface area contributed by atoms with E-state index in [9.17, 15) is 0 Å². The minimum atomic E-state index is 0.807. The zero-order valence-corrected chi connectivity index (χ0v) is 9.68. The molecular formula is C12H24N2. The fraction of sp³-hybridized carbons (Fsp3) is 0.833. The van der Waals surface area contributed by atoms with E-state index >= 15 is 0 Å². The lowest BCUT2D eigenvalue weighted by atomic mass is 10.0. The zero-order chi connectivity index (χ0) is 10.4. The van der Waals surface area contributed by atoms with Crippen LogP contribution in [0.5, 0.6) is 0 Å². The summed E-state index contributed by atoms with van der Waals surface area (Å²) >= 11 is 0. The fourth-order valence-electron chi connectivity index (χ4n) is 2.08. The molecule has 0 aliphatic carbocycles. The lowest BCUT2D eigenvalue weighted by Crippen LogP contribution is -2.38. The SMILES string of the molecule is C=C(C)CNCCC1CCCCN1C. The summed E-state index contributed by atoms with van der Waals surface area (Å²) in [6.45, 7) is 9.33. The topological polar surface area (TPSA) is 15.3 Å². The minimum Gasteiger partial charge on any atom is -0.313 e. The van der Waals surface area contributed by atoms with Crippen LogP contribution in [0.25, 0.3) is 0 Å². The largest absolute Gasteiger partial charge is 0.313 e. The first-order valence-electron chi connectivity index (χ1n) is 5.75. The van der Waals surface area contributed by atoms with Gasteiger partial charge in [-0.2, -0.15) is 0 Å². The maximum atomic E-state index is 3.88. The Morgan fingerprint density at radius 2 is 2.29 bits per heavy atom. The van der Waals surface area contributed by atoms with Gasteiger partial charge in [0, 0.05) is 12.6 Å². The van der Waals surface area contributed by atoms with Crippen molar-refractivity contribution in [1.82, 2.24) is 10.2 Å². The normalized spacial score (nSPS) is 23.7. The van der Waals surface area contributed by atoms with E-state index in [1.807, 2.05) is 0 Å². The standard InChI is InChI=1S/C12H24N2/c1-11(2)10-13-8-7-12-6-4-5-9-14(12)3/h12-13H,1,4-10H2,2-3H3. The van der Waals surface area contributed by atoms with Gasteiger partial charge in [-0.15, -0.1) is 0 Å². The fourth-order valence-corrected chi connectivity index (χ4v) is 2.08. The quantitative estimate of drug-likeness (QED) is 0.534. The molecule has 1 saturated heterocycles. The van der Waals surface area contributed by atoms with Gasteiger partial charge in [0.15, 0.2) is 0 Å². The molecule has 0 aromatic carbocycles. The van der Waals surface area contributed by atoms with Crippen molar-refractivity contribution in [3.8, 4) is 0 Å². The average Bonchev–Trinajstić information content (AvgIpc) is 2.15. The first-order chi connectivity index (χ1) is 6.70. The first kappa shape index (κ1) is 11.7. The van der Waals surface area contributed by atoms with Gasteiger partial charge in [0.2, 0.25) is 0 Å². The van der Waals surface area contributed by atoms with Crippen molar-refractivity contribution in [3.63, 3.8) is 0 Å². The second-order valence-corrected chi connectivity index (χ2v) is 4.55. The van der Waals surface area contributed by atoms with E-state index in [2.05, 4.69) is 30.8 Å². The summed E-state index contributed by atoms with van der Waals surface area (Å²) in [6, 6.07) is 0.807. The molecule has 1 unspecified atom stereocenters. The molecule has 1 aliphatic rings. The van der Waals surface area contributed by atoms with Crippen molar-refractivity contribution in [2.24, 2.45) is 0 Å². The predicted molar refractivity (Wildman–Crippen MR) is 62.6 cm³/mol. The molecule has 0 radical (unpaired) electrons. The molecule has 2 heteroatoms. The molecule has 1 heterocycles. The highest BCUT2D eigenvalue weighted by Crippen LogP contribution is 2.16. The van der Waals surface area contributed by atoms with Gasteiger partial charge in [-0.1, -0.05) is 18.6 Å².